The Morgan fingerprint density at radius 2 is 1.77 bits per heavy atom. The highest BCUT2D eigenvalue weighted by atomic mass is 19.1. The number of phenols is 1. The Morgan fingerprint density at radius 1 is 1.03 bits per heavy atom. The summed E-state index contributed by atoms with van der Waals surface area (Å²) in [4.78, 5) is 2.24. The summed E-state index contributed by atoms with van der Waals surface area (Å²) in [6, 6.07) is 8.31. The standard InChI is InChI=1S/C27H32FN5O2/c1-26-8-5-9-27(2,16-26)14-18(13-26)33(3)24-7-6-22(30-31-24)20-11-21(28)19(12-23(20)34)17-10-25(35-4)32-29-15-17/h6-7,10-12,15,18,34H,5,8-9,13-14,16H2,1-4H3/t18-,26-,27+. The fourth-order valence-corrected chi connectivity index (χ4v) is 6.41. The number of aromatic nitrogens is 4. The number of aromatic hydroxyl groups is 1. The second kappa shape index (κ2) is 8.73. The van der Waals surface area contributed by atoms with E-state index in [1.807, 2.05) is 6.07 Å². The number of nitrogens with zero attached hydrogens (tertiary/aromatic N) is 5. The molecule has 0 radical (unpaired) electrons. The van der Waals surface area contributed by atoms with Crippen LogP contribution in [0.3, 0.4) is 0 Å². The first-order valence-electron chi connectivity index (χ1n) is 12.2. The van der Waals surface area contributed by atoms with Crippen molar-refractivity contribution in [3.63, 3.8) is 0 Å². The van der Waals surface area contributed by atoms with Gasteiger partial charge in [0.2, 0.25) is 5.88 Å². The zero-order valence-corrected chi connectivity index (χ0v) is 20.8. The second-order valence-corrected chi connectivity index (χ2v) is 10.9. The van der Waals surface area contributed by atoms with Gasteiger partial charge in [-0.1, -0.05) is 20.3 Å². The minimum Gasteiger partial charge on any atom is -0.507 e. The van der Waals surface area contributed by atoms with Crippen LogP contribution in [0.4, 0.5) is 10.2 Å². The van der Waals surface area contributed by atoms with Crippen LogP contribution >= 0.6 is 0 Å². The molecule has 0 saturated heterocycles. The van der Waals surface area contributed by atoms with Crippen LogP contribution in [0.5, 0.6) is 11.6 Å². The Bertz CT molecular complexity index is 1220. The molecule has 3 atom stereocenters. The van der Waals surface area contributed by atoms with Crippen LogP contribution in [0, 0.1) is 16.6 Å². The van der Waals surface area contributed by atoms with Gasteiger partial charge in [0.15, 0.2) is 5.82 Å². The number of halogens is 1. The number of anilines is 1. The number of fused-ring (bicyclic) bond motifs is 2. The first kappa shape index (κ1) is 23.5. The average Bonchev–Trinajstić information content (AvgIpc) is 2.83. The molecule has 8 heteroatoms. The van der Waals surface area contributed by atoms with Crippen LogP contribution in [0.15, 0.2) is 36.5 Å². The van der Waals surface area contributed by atoms with Crippen LogP contribution in [0.1, 0.15) is 52.4 Å². The normalized spacial score (nSPS) is 25.8. The molecule has 35 heavy (non-hydrogen) atoms. The van der Waals surface area contributed by atoms with Crippen LogP contribution in [-0.2, 0) is 0 Å². The Balaban J connectivity index is 1.38. The van der Waals surface area contributed by atoms with E-state index in [2.05, 4.69) is 46.2 Å². The summed E-state index contributed by atoms with van der Waals surface area (Å²) < 4.78 is 20.1. The molecule has 1 N–H and O–H groups in total. The minimum absolute atomic E-state index is 0.0893. The van der Waals surface area contributed by atoms with E-state index in [1.165, 1.54) is 51.1 Å². The summed E-state index contributed by atoms with van der Waals surface area (Å²) >= 11 is 0. The smallest absolute Gasteiger partial charge is 0.233 e. The van der Waals surface area contributed by atoms with Crippen molar-refractivity contribution in [3.05, 3.63) is 42.3 Å². The Hall–Kier alpha value is -3.29. The van der Waals surface area contributed by atoms with Gasteiger partial charge in [0.1, 0.15) is 11.6 Å². The third-order valence-corrected chi connectivity index (χ3v) is 7.94. The summed E-state index contributed by atoms with van der Waals surface area (Å²) in [5, 5.41) is 27.1. The monoisotopic (exact) mass is 477 g/mol. The summed E-state index contributed by atoms with van der Waals surface area (Å²) in [5.41, 5.74) is 2.13. The van der Waals surface area contributed by atoms with Crippen molar-refractivity contribution in [2.45, 2.75) is 58.4 Å². The van der Waals surface area contributed by atoms with Crippen molar-refractivity contribution in [3.8, 4) is 34.0 Å². The largest absolute Gasteiger partial charge is 0.507 e. The van der Waals surface area contributed by atoms with Crippen LogP contribution in [0.25, 0.3) is 22.4 Å². The summed E-state index contributed by atoms with van der Waals surface area (Å²) in [7, 11) is 3.55. The predicted molar refractivity (Wildman–Crippen MR) is 133 cm³/mol. The van der Waals surface area contributed by atoms with Crippen LogP contribution < -0.4 is 9.64 Å². The number of hydrogen-bond donors (Lipinski definition) is 1. The lowest BCUT2D eigenvalue weighted by molar-refractivity contribution is 0.0141. The summed E-state index contributed by atoms with van der Waals surface area (Å²) in [6.07, 6.45) is 8.95. The molecule has 2 aliphatic carbocycles. The third-order valence-electron chi connectivity index (χ3n) is 7.94. The molecule has 0 amide bonds. The summed E-state index contributed by atoms with van der Waals surface area (Å²) in [5.74, 6) is 0.456. The maximum Gasteiger partial charge on any atom is 0.233 e. The lowest BCUT2D eigenvalue weighted by atomic mass is 9.55. The maximum atomic E-state index is 15.0. The zero-order valence-electron chi connectivity index (χ0n) is 20.8. The molecular formula is C27H32FN5O2. The topological polar surface area (TPSA) is 84.3 Å². The van der Waals surface area contributed by atoms with Gasteiger partial charge in [-0.3, -0.25) is 0 Å². The molecular weight excluding hydrogens is 445 g/mol. The lowest BCUT2D eigenvalue weighted by Crippen LogP contribution is -2.49. The Kier molecular flexibility index (Phi) is 5.85. The van der Waals surface area contributed by atoms with Gasteiger partial charge in [-0.2, -0.15) is 5.10 Å². The number of methoxy groups -OCH3 is 1. The second-order valence-electron chi connectivity index (χ2n) is 10.9. The Labute approximate surface area is 205 Å². The van der Waals surface area contributed by atoms with E-state index >= 15 is 4.39 Å². The fraction of sp³-hybridized carbons (Fsp3) is 0.481. The highest BCUT2D eigenvalue weighted by Crippen LogP contribution is 2.56. The predicted octanol–water partition coefficient (Wildman–Crippen LogP) is 5.64. The van der Waals surface area contributed by atoms with Gasteiger partial charge in [-0.15, -0.1) is 15.3 Å². The van der Waals surface area contributed by atoms with Gasteiger partial charge in [0, 0.05) is 35.8 Å². The first-order chi connectivity index (χ1) is 16.7. The van der Waals surface area contributed by atoms with E-state index in [4.69, 9.17) is 4.74 Å². The van der Waals surface area contributed by atoms with Crippen molar-refractivity contribution in [2.75, 3.05) is 19.1 Å². The number of ether oxygens (including phenoxy) is 1. The molecule has 2 aromatic heterocycles. The van der Waals surface area contributed by atoms with Crippen LogP contribution in [-0.4, -0.2) is 45.7 Å². The molecule has 7 nitrogen and oxygen atoms in total. The summed E-state index contributed by atoms with van der Waals surface area (Å²) in [6.45, 7) is 4.86. The van der Waals surface area contributed by atoms with Gasteiger partial charge in [-0.05, 0) is 67.2 Å². The van der Waals surface area contributed by atoms with Crippen LogP contribution in [0.2, 0.25) is 0 Å². The molecule has 2 fully saturated rings. The molecule has 2 aliphatic rings. The zero-order chi connectivity index (χ0) is 24.8. The molecule has 0 aliphatic heterocycles. The number of hydrogen-bond acceptors (Lipinski definition) is 7. The first-order valence-corrected chi connectivity index (χ1v) is 12.2. The molecule has 0 unspecified atom stereocenters. The number of benzene rings is 1. The number of phenolic OH excluding ortho intramolecular Hbond substituents is 1. The highest BCUT2D eigenvalue weighted by molar-refractivity contribution is 5.75. The molecule has 2 saturated carbocycles. The lowest BCUT2D eigenvalue weighted by Gasteiger charge is -2.54. The quantitative estimate of drug-likeness (QED) is 0.509. The van der Waals surface area contributed by atoms with Crippen molar-refractivity contribution in [2.24, 2.45) is 10.8 Å². The minimum atomic E-state index is -0.508. The van der Waals surface area contributed by atoms with E-state index in [0.717, 1.165) is 18.7 Å². The molecule has 1 aromatic carbocycles. The van der Waals surface area contributed by atoms with E-state index in [-0.39, 0.29) is 22.8 Å². The van der Waals surface area contributed by atoms with Gasteiger partial charge in [0.25, 0.3) is 0 Å². The van der Waals surface area contributed by atoms with E-state index < -0.39 is 5.82 Å². The molecule has 0 spiro atoms. The SMILES string of the molecule is COc1cc(-c2cc(O)c(-c3ccc(N(C)[C@H]4C[C@]5(C)CCC[C@](C)(C4)C5)nn3)cc2F)cnn1. The fourth-order valence-electron chi connectivity index (χ4n) is 6.41. The average molecular weight is 478 g/mol. The molecule has 2 heterocycles. The highest BCUT2D eigenvalue weighted by Gasteiger charge is 2.47. The van der Waals surface area contributed by atoms with Crippen molar-refractivity contribution >= 4 is 5.82 Å². The molecule has 184 valence electrons. The maximum absolute atomic E-state index is 15.0. The number of rotatable bonds is 5. The van der Waals surface area contributed by atoms with E-state index in [1.54, 1.807) is 12.1 Å². The van der Waals surface area contributed by atoms with Crippen molar-refractivity contribution < 1.29 is 14.2 Å². The van der Waals surface area contributed by atoms with Crippen molar-refractivity contribution in [1.82, 2.24) is 20.4 Å². The van der Waals surface area contributed by atoms with Gasteiger partial charge in [0.05, 0.1) is 19.0 Å². The molecule has 3 aromatic rings. The van der Waals surface area contributed by atoms with Gasteiger partial charge >= 0.3 is 0 Å². The van der Waals surface area contributed by atoms with Crippen molar-refractivity contribution in [1.29, 1.82) is 0 Å². The van der Waals surface area contributed by atoms with Gasteiger partial charge in [-0.25, -0.2) is 4.39 Å². The Morgan fingerprint density at radius 3 is 2.43 bits per heavy atom. The van der Waals surface area contributed by atoms with E-state index in [0.29, 0.717) is 28.1 Å². The molecule has 2 bridgehead atoms. The third kappa shape index (κ3) is 4.54. The van der Waals surface area contributed by atoms with Gasteiger partial charge < -0.3 is 14.7 Å². The molecule has 5 rings (SSSR count). The van der Waals surface area contributed by atoms with E-state index in [9.17, 15) is 5.11 Å².